The van der Waals surface area contributed by atoms with Crippen LogP contribution in [-0.4, -0.2) is 14.6 Å². The molecule has 0 aliphatic rings. The molecule has 1 aromatic carbocycles. The molecule has 3 rings (SSSR count). The van der Waals surface area contributed by atoms with Crippen molar-refractivity contribution in [2.45, 2.75) is 6.92 Å². The fourth-order valence-corrected chi connectivity index (χ4v) is 2.21. The zero-order chi connectivity index (χ0) is 13.4. The van der Waals surface area contributed by atoms with E-state index >= 15 is 0 Å². The second-order valence-electron chi connectivity index (χ2n) is 4.15. The Balaban J connectivity index is 2.21. The number of nitriles is 1. The molecule has 2 heterocycles. The van der Waals surface area contributed by atoms with Crippen molar-refractivity contribution in [1.29, 1.82) is 5.26 Å². The Labute approximate surface area is 118 Å². The van der Waals surface area contributed by atoms with E-state index in [1.54, 1.807) is 4.52 Å². The maximum atomic E-state index is 9.15. The number of aryl methyl sites for hydroxylation is 1. The molecule has 0 saturated carbocycles. The second-order valence-corrected chi connectivity index (χ2v) is 5.07. The van der Waals surface area contributed by atoms with Crippen molar-refractivity contribution in [2.24, 2.45) is 0 Å². The van der Waals surface area contributed by atoms with E-state index in [9.17, 15) is 0 Å². The molecule has 0 aliphatic carbocycles. The van der Waals surface area contributed by atoms with Crippen LogP contribution >= 0.6 is 15.9 Å². The molecule has 0 saturated heterocycles. The van der Waals surface area contributed by atoms with Gasteiger partial charge in [-0.15, -0.1) is 0 Å². The Hall–Kier alpha value is -2.19. The Morgan fingerprint density at radius 2 is 1.89 bits per heavy atom. The molecule has 92 valence electrons. The third-order valence-electron chi connectivity index (χ3n) is 2.90. The van der Waals surface area contributed by atoms with Crippen LogP contribution in [-0.2, 0) is 0 Å². The number of aromatic nitrogens is 3. The van der Waals surface area contributed by atoms with Crippen LogP contribution in [0.2, 0.25) is 0 Å². The minimum absolute atomic E-state index is 0.481. The van der Waals surface area contributed by atoms with Crippen LogP contribution in [0.1, 0.15) is 11.4 Å². The summed E-state index contributed by atoms with van der Waals surface area (Å²) in [5, 5.41) is 13.6. The van der Waals surface area contributed by atoms with Gasteiger partial charge in [-0.25, -0.2) is 9.50 Å². The van der Waals surface area contributed by atoms with E-state index in [0.717, 1.165) is 15.7 Å². The smallest absolute Gasteiger partial charge is 0.165 e. The summed E-state index contributed by atoms with van der Waals surface area (Å²) in [4.78, 5) is 4.30. The lowest BCUT2D eigenvalue weighted by Gasteiger charge is -2.02. The molecule has 0 radical (unpaired) electrons. The SMILES string of the molecule is Cc1nc2ccc(-c3ccc(Br)cc3)nn2c1C#N. The molecular weight excluding hydrogens is 304 g/mol. The van der Waals surface area contributed by atoms with Gasteiger partial charge in [-0.3, -0.25) is 0 Å². The number of benzene rings is 1. The van der Waals surface area contributed by atoms with Gasteiger partial charge in [0.1, 0.15) is 6.07 Å². The van der Waals surface area contributed by atoms with E-state index in [1.807, 2.05) is 43.3 Å². The Bertz CT molecular complexity index is 797. The van der Waals surface area contributed by atoms with E-state index in [2.05, 4.69) is 32.1 Å². The first-order chi connectivity index (χ1) is 9.19. The molecule has 19 heavy (non-hydrogen) atoms. The highest BCUT2D eigenvalue weighted by molar-refractivity contribution is 9.10. The summed E-state index contributed by atoms with van der Waals surface area (Å²) in [6.07, 6.45) is 0. The molecular formula is C14H9BrN4. The molecule has 4 nitrogen and oxygen atoms in total. The summed E-state index contributed by atoms with van der Waals surface area (Å²) in [5.41, 5.74) is 3.68. The Morgan fingerprint density at radius 3 is 2.58 bits per heavy atom. The van der Waals surface area contributed by atoms with Crippen molar-refractivity contribution in [1.82, 2.24) is 14.6 Å². The maximum Gasteiger partial charge on any atom is 0.165 e. The molecule has 0 spiro atoms. The van der Waals surface area contributed by atoms with E-state index in [1.165, 1.54) is 0 Å². The van der Waals surface area contributed by atoms with Crippen LogP contribution in [0.25, 0.3) is 16.9 Å². The third kappa shape index (κ3) is 2.00. The standard InChI is InChI=1S/C14H9BrN4/c1-9-13(8-16)19-14(17-9)7-6-12(18-19)10-2-4-11(15)5-3-10/h2-7H,1H3. The first-order valence-electron chi connectivity index (χ1n) is 5.71. The average Bonchev–Trinajstić information content (AvgIpc) is 2.74. The van der Waals surface area contributed by atoms with Crippen LogP contribution in [0.5, 0.6) is 0 Å². The quantitative estimate of drug-likeness (QED) is 0.692. The fourth-order valence-electron chi connectivity index (χ4n) is 1.95. The normalized spacial score (nSPS) is 10.6. The van der Waals surface area contributed by atoms with Crippen molar-refractivity contribution >= 4 is 21.6 Å². The first-order valence-corrected chi connectivity index (χ1v) is 6.51. The molecule has 0 amide bonds. The van der Waals surface area contributed by atoms with Crippen molar-refractivity contribution in [3.05, 3.63) is 52.3 Å². The van der Waals surface area contributed by atoms with Gasteiger partial charge in [-0.1, -0.05) is 28.1 Å². The van der Waals surface area contributed by atoms with Crippen LogP contribution in [0.4, 0.5) is 0 Å². The molecule has 0 bridgehead atoms. The van der Waals surface area contributed by atoms with Gasteiger partial charge in [0.05, 0.1) is 11.4 Å². The number of hydrogen-bond donors (Lipinski definition) is 0. The predicted octanol–water partition coefficient (Wildman–Crippen LogP) is 3.34. The zero-order valence-electron chi connectivity index (χ0n) is 10.1. The van der Waals surface area contributed by atoms with E-state index in [4.69, 9.17) is 5.26 Å². The van der Waals surface area contributed by atoms with Crippen LogP contribution in [0, 0.1) is 18.3 Å². The lowest BCUT2D eigenvalue weighted by atomic mass is 10.1. The van der Waals surface area contributed by atoms with Crippen LogP contribution in [0.3, 0.4) is 0 Å². The van der Waals surface area contributed by atoms with Gasteiger partial charge in [0.25, 0.3) is 0 Å². The highest BCUT2D eigenvalue weighted by Crippen LogP contribution is 2.21. The number of fused-ring (bicyclic) bond motifs is 1. The molecule has 0 unspecified atom stereocenters. The van der Waals surface area contributed by atoms with Gasteiger partial charge in [-0.05, 0) is 31.2 Å². The molecule has 0 aliphatic heterocycles. The summed E-state index contributed by atoms with van der Waals surface area (Å²) in [7, 11) is 0. The Morgan fingerprint density at radius 1 is 1.16 bits per heavy atom. The van der Waals surface area contributed by atoms with Crippen molar-refractivity contribution < 1.29 is 0 Å². The van der Waals surface area contributed by atoms with Crippen LogP contribution in [0.15, 0.2) is 40.9 Å². The van der Waals surface area contributed by atoms with Gasteiger partial charge >= 0.3 is 0 Å². The minimum atomic E-state index is 0.481. The third-order valence-corrected chi connectivity index (χ3v) is 3.43. The van der Waals surface area contributed by atoms with Crippen LogP contribution < -0.4 is 0 Å². The summed E-state index contributed by atoms with van der Waals surface area (Å²) in [5.74, 6) is 0. The molecule has 2 aromatic heterocycles. The number of halogens is 1. The van der Waals surface area contributed by atoms with E-state index in [0.29, 0.717) is 17.0 Å². The van der Waals surface area contributed by atoms with Crippen molar-refractivity contribution in [3.63, 3.8) is 0 Å². The zero-order valence-corrected chi connectivity index (χ0v) is 11.7. The second kappa shape index (κ2) is 4.48. The number of imidazole rings is 1. The summed E-state index contributed by atoms with van der Waals surface area (Å²) >= 11 is 3.41. The molecule has 0 N–H and O–H groups in total. The Kier molecular flexibility index (Phi) is 2.80. The predicted molar refractivity (Wildman–Crippen MR) is 75.6 cm³/mol. The lowest BCUT2D eigenvalue weighted by molar-refractivity contribution is 0.924. The summed E-state index contributed by atoms with van der Waals surface area (Å²) < 4.78 is 2.61. The monoisotopic (exact) mass is 312 g/mol. The summed E-state index contributed by atoms with van der Waals surface area (Å²) in [6, 6.07) is 13.8. The molecule has 0 fully saturated rings. The molecule has 0 atom stereocenters. The minimum Gasteiger partial charge on any atom is -0.231 e. The maximum absolute atomic E-state index is 9.15. The van der Waals surface area contributed by atoms with Crippen molar-refractivity contribution in [2.75, 3.05) is 0 Å². The van der Waals surface area contributed by atoms with Crippen molar-refractivity contribution in [3.8, 4) is 17.3 Å². The first kappa shape index (κ1) is 11.9. The highest BCUT2D eigenvalue weighted by atomic mass is 79.9. The van der Waals surface area contributed by atoms with Gasteiger partial charge in [0, 0.05) is 10.0 Å². The number of hydrogen-bond acceptors (Lipinski definition) is 3. The van der Waals surface area contributed by atoms with E-state index < -0.39 is 0 Å². The van der Waals surface area contributed by atoms with Gasteiger partial charge in [0.2, 0.25) is 0 Å². The fraction of sp³-hybridized carbons (Fsp3) is 0.0714. The number of nitrogens with zero attached hydrogens (tertiary/aromatic N) is 4. The largest absolute Gasteiger partial charge is 0.231 e. The average molecular weight is 313 g/mol. The topological polar surface area (TPSA) is 54.0 Å². The lowest BCUT2D eigenvalue weighted by Crippen LogP contribution is -1.97. The molecule has 3 aromatic rings. The van der Waals surface area contributed by atoms with Gasteiger partial charge < -0.3 is 0 Å². The molecule has 5 heteroatoms. The summed E-state index contributed by atoms with van der Waals surface area (Å²) in [6.45, 7) is 1.81. The van der Waals surface area contributed by atoms with Gasteiger partial charge in [-0.2, -0.15) is 10.4 Å². The van der Waals surface area contributed by atoms with Gasteiger partial charge in [0.15, 0.2) is 11.3 Å². The number of rotatable bonds is 1. The van der Waals surface area contributed by atoms with E-state index in [-0.39, 0.29) is 0 Å². The highest BCUT2D eigenvalue weighted by Gasteiger charge is 2.10.